The molecule has 0 rings (SSSR count). The van der Waals surface area contributed by atoms with Crippen molar-refractivity contribution in [1.29, 1.82) is 0 Å². The molecule has 0 bridgehead atoms. The van der Waals surface area contributed by atoms with Crippen LogP contribution in [-0.2, 0) is 9.59 Å². The Kier molecular flexibility index (Phi) is 4.64. The fourth-order valence-electron chi connectivity index (χ4n) is 0.298. The first kappa shape index (κ1) is 14.9. The van der Waals surface area contributed by atoms with Crippen molar-refractivity contribution in [3.05, 3.63) is 0 Å². The van der Waals surface area contributed by atoms with Gasteiger partial charge in [-0.25, -0.2) is 9.59 Å². The summed E-state index contributed by atoms with van der Waals surface area (Å²) >= 11 is 0. The van der Waals surface area contributed by atoms with Crippen LogP contribution in [0, 0.1) is 0 Å². The zero-order valence-electron chi connectivity index (χ0n) is 7.50. The third-order valence-electron chi connectivity index (χ3n) is 1.08. The van der Waals surface area contributed by atoms with Crippen molar-refractivity contribution in [2.45, 2.75) is 11.6 Å². The minimum atomic E-state index is -4.15. The third-order valence-corrected chi connectivity index (χ3v) is 1.08. The zero-order chi connectivity index (χ0) is 10.2. The van der Waals surface area contributed by atoms with Gasteiger partial charge >= 0.3 is 42.4 Å². The first-order valence-electron chi connectivity index (χ1n) is 2.50. The number of carboxylic acid groups (broad SMARTS) is 2. The van der Waals surface area contributed by atoms with E-state index in [2.05, 4.69) is 0 Å². The van der Waals surface area contributed by atoms with Crippen LogP contribution in [0.15, 0.2) is 0 Å². The Bertz CT molecular complexity index is 201. The molecule has 0 saturated heterocycles. The molecule has 0 atom stereocenters. The van der Waals surface area contributed by atoms with Crippen molar-refractivity contribution in [3.63, 3.8) is 0 Å². The molecule has 0 spiro atoms. The van der Waals surface area contributed by atoms with Crippen LogP contribution in [0.4, 0.5) is 0 Å². The van der Waals surface area contributed by atoms with Gasteiger partial charge < -0.3 is 32.1 Å². The van der Waals surface area contributed by atoms with Gasteiger partial charge in [-0.05, 0) is 0 Å². The van der Waals surface area contributed by atoms with E-state index in [1.807, 2.05) is 0 Å². The topological polar surface area (TPSA) is 156 Å². The largest absolute Gasteiger partial charge is 1.00 e. The van der Waals surface area contributed by atoms with Crippen LogP contribution in [0.2, 0.25) is 0 Å². The summed E-state index contributed by atoms with van der Waals surface area (Å²) in [6, 6.07) is 0. The van der Waals surface area contributed by atoms with Gasteiger partial charge in [0, 0.05) is 0 Å². The van der Waals surface area contributed by atoms with Crippen molar-refractivity contribution in [3.8, 4) is 0 Å². The molecule has 0 aromatic carbocycles. The summed E-state index contributed by atoms with van der Waals surface area (Å²) in [5.74, 6) is -13.3. The Morgan fingerprint density at radius 2 is 1.00 bits per heavy atom. The van der Waals surface area contributed by atoms with Gasteiger partial charge in [0.15, 0.2) is 0 Å². The molecule has 6 N–H and O–H groups in total. The second-order valence-corrected chi connectivity index (χ2v) is 1.95. The monoisotopic (exact) mass is 190 g/mol. The Morgan fingerprint density at radius 3 is 1.08 bits per heavy atom. The Balaban J connectivity index is -0.000000605. The summed E-state index contributed by atoms with van der Waals surface area (Å²) in [7, 11) is 0. The van der Waals surface area contributed by atoms with Crippen LogP contribution in [0.5, 0.6) is 0 Å². The third kappa shape index (κ3) is 2.41. The zero-order valence-corrected chi connectivity index (χ0v) is 6.50. The number of aliphatic hydroxyl groups is 4. The van der Waals surface area contributed by atoms with Gasteiger partial charge in [0.2, 0.25) is 0 Å². The smallest absolute Gasteiger partial charge is 1.00 e. The van der Waals surface area contributed by atoms with Gasteiger partial charge in [0.1, 0.15) is 0 Å². The molecule has 0 aromatic rings. The first-order chi connectivity index (χ1) is 5.14. The maximum Gasteiger partial charge on any atom is 1.00 e. The molecule has 0 aliphatic carbocycles. The molecule has 0 amide bonds. The Labute approximate surface area is 84.7 Å². The van der Waals surface area contributed by atoms with Gasteiger partial charge in [0.05, 0.1) is 0 Å². The van der Waals surface area contributed by atoms with Crippen molar-refractivity contribution >= 4 is 11.9 Å². The van der Waals surface area contributed by atoms with E-state index < -0.39 is 23.5 Å². The van der Waals surface area contributed by atoms with E-state index in [1.54, 1.807) is 0 Å². The molecule has 0 fully saturated rings. The van der Waals surface area contributed by atoms with E-state index in [-0.39, 0.29) is 20.3 Å². The molecule has 0 aliphatic rings. The summed E-state index contributed by atoms with van der Waals surface area (Å²) in [6.07, 6.45) is 0. The molecule has 13 heavy (non-hydrogen) atoms. The minimum Gasteiger partial charge on any atom is -1.00 e. The summed E-state index contributed by atoms with van der Waals surface area (Å²) < 4.78 is 0. The van der Waals surface area contributed by atoms with Crippen LogP contribution < -0.4 is 18.9 Å². The molecule has 0 heterocycles. The van der Waals surface area contributed by atoms with Crippen LogP contribution >= 0.6 is 0 Å². The number of hydrogen-bond donors (Lipinski definition) is 6. The number of carboxylic acids is 2. The van der Waals surface area contributed by atoms with E-state index >= 15 is 0 Å². The van der Waals surface area contributed by atoms with E-state index in [0.717, 1.165) is 0 Å². The average Bonchev–Trinajstić information content (AvgIpc) is 1.86. The number of carbonyl (C=O) groups is 2. The fraction of sp³-hybridized carbons (Fsp3) is 0.500. The average molecular weight is 190 g/mol. The summed E-state index contributed by atoms with van der Waals surface area (Å²) in [5.41, 5.74) is 0. The SMILES string of the molecule is O=C(O)C(O)(O)C(O)(O)C(=O)O.[H-].[Li+]. The number of hydrogen-bond acceptors (Lipinski definition) is 6. The summed E-state index contributed by atoms with van der Waals surface area (Å²) in [5, 5.41) is 49.3. The molecule has 0 saturated carbocycles. The van der Waals surface area contributed by atoms with E-state index in [1.165, 1.54) is 0 Å². The van der Waals surface area contributed by atoms with Gasteiger partial charge in [-0.3, -0.25) is 0 Å². The van der Waals surface area contributed by atoms with Crippen LogP contribution in [-0.4, -0.2) is 54.2 Å². The summed E-state index contributed by atoms with van der Waals surface area (Å²) in [6.45, 7) is 0. The Morgan fingerprint density at radius 1 is 0.846 bits per heavy atom. The van der Waals surface area contributed by atoms with Crippen molar-refractivity contribution < 1.29 is 60.5 Å². The first-order valence-corrected chi connectivity index (χ1v) is 2.50. The van der Waals surface area contributed by atoms with Crippen LogP contribution in [0.1, 0.15) is 1.43 Å². The van der Waals surface area contributed by atoms with Gasteiger partial charge in [-0.15, -0.1) is 0 Å². The van der Waals surface area contributed by atoms with Gasteiger partial charge in [0.25, 0.3) is 0 Å². The molecule has 0 aromatic heterocycles. The van der Waals surface area contributed by atoms with Crippen molar-refractivity contribution in [1.82, 2.24) is 0 Å². The van der Waals surface area contributed by atoms with Crippen LogP contribution in [0.3, 0.4) is 0 Å². The van der Waals surface area contributed by atoms with Gasteiger partial charge in [-0.1, -0.05) is 0 Å². The van der Waals surface area contributed by atoms with E-state index in [9.17, 15) is 9.59 Å². The predicted octanol–water partition coefficient (Wildman–Crippen LogP) is -6.37. The molecule has 0 unspecified atom stereocenters. The van der Waals surface area contributed by atoms with E-state index in [4.69, 9.17) is 30.6 Å². The maximum atomic E-state index is 9.89. The number of rotatable bonds is 3. The van der Waals surface area contributed by atoms with Gasteiger partial charge in [-0.2, -0.15) is 0 Å². The number of aliphatic carboxylic acids is 2. The fourth-order valence-corrected chi connectivity index (χ4v) is 0.298. The van der Waals surface area contributed by atoms with E-state index in [0.29, 0.717) is 0 Å². The minimum absolute atomic E-state index is 0. The molecule has 0 radical (unpaired) electrons. The quantitative estimate of drug-likeness (QED) is 0.189. The molecule has 8 nitrogen and oxygen atoms in total. The van der Waals surface area contributed by atoms with Crippen molar-refractivity contribution in [2.75, 3.05) is 0 Å². The molecular formula is C4H7LiO8. The van der Waals surface area contributed by atoms with Crippen molar-refractivity contribution in [2.24, 2.45) is 0 Å². The molecule has 0 aliphatic heterocycles. The standard InChI is InChI=1S/C4H6O8.Li.H/c5-1(6)3(9,10)4(11,12)2(7)8;;/h9-12H,(H,5,6)(H,7,8);;/q;+1;-1. The second-order valence-electron chi connectivity index (χ2n) is 1.95. The Hall–Kier alpha value is -0.623. The molecular weight excluding hydrogens is 183 g/mol. The molecule has 9 heteroatoms. The summed E-state index contributed by atoms with van der Waals surface area (Å²) in [4.78, 5) is 19.8. The second kappa shape index (κ2) is 4.06. The predicted molar refractivity (Wildman–Crippen MR) is 30.7 cm³/mol. The normalized spacial score (nSPS) is 11.7. The molecule has 72 valence electrons. The van der Waals surface area contributed by atoms with Crippen LogP contribution in [0.25, 0.3) is 0 Å². The maximum absolute atomic E-state index is 9.89.